The first kappa shape index (κ1) is 19.0. The fraction of sp³-hybridized carbons (Fsp3) is 0.158. The predicted octanol–water partition coefficient (Wildman–Crippen LogP) is 4.25. The van der Waals surface area contributed by atoms with Crippen molar-refractivity contribution in [2.24, 2.45) is 0 Å². The zero-order valence-corrected chi connectivity index (χ0v) is 15.1. The van der Waals surface area contributed by atoms with Gasteiger partial charge in [0.1, 0.15) is 0 Å². The van der Waals surface area contributed by atoms with Crippen LogP contribution < -0.4 is 5.32 Å². The second-order valence-corrected chi connectivity index (χ2v) is 6.06. The van der Waals surface area contributed by atoms with Crippen LogP contribution in [0.4, 0.5) is 0 Å². The largest absolute Gasteiger partial charge is 0.449 e. The van der Waals surface area contributed by atoms with Crippen molar-refractivity contribution < 1.29 is 14.3 Å². The molecule has 0 saturated heterocycles. The van der Waals surface area contributed by atoms with Gasteiger partial charge in [-0.05, 0) is 36.3 Å². The van der Waals surface area contributed by atoms with E-state index in [0.717, 1.165) is 5.56 Å². The summed E-state index contributed by atoms with van der Waals surface area (Å²) in [6.07, 6.45) is 1.85. The molecule has 6 heteroatoms. The van der Waals surface area contributed by atoms with Gasteiger partial charge in [0.15, 0.2) is 6.10 Å². The molecule has 4 nitrogen and oxygen atoms in total. The fourth-order valence-electron chi connectivity index (χ4n) is 2.00. The van der Waals surface area contributed by atoms with Gasteiger partial charge in [-0.3, -0.25) is 4.79 Å². The van der Waals surface area contributed by atoms with Crippen molar-refractivity contribution in [3.05, 3.63) is 75.8 Å². The Balaban J connectivity index is 1.85. The lowest BCUT2D eigenvalue weighted by Gasteiger charge is -2.13. The molecule has 0 fully saturated rings. The van der Waals surface area contributed by atoms with Gasteiger partial charge in [0, 0.05) is 22.7 Å². The van der Waals surface area contributed by atoms with E-state index in [1.165, 1.54) is 13.0 Å². The summed E-state index contributed by atoms with van der Waals surface area (Å²) in [4.78, 5) is 23.8. The number of hydrogen-bond donors (Lipinski definition) is 1. The van der Waals surface area contributed by atoms with Crippen LogP contribution in [0.1, 0.15) is 18.1 Å². The molecule has 1 atom stereocenters. The Morgan fingerprint density at radius 1 is 1.08 bits per heavy atom. The average molecular weight is 378 g/mol. The number of benzene rings is 2. The van der Waals surface area contributed by atoms with Crippen LogP contribution in [0.2, 0.25) is 10.0 Å². The molecule has 2 aromatic carbocycles. The zero-order chi connectivity index (χ0) is 18.2. The summed E-state index contributed by atoms with van der Waals surface area (Å²) in [6.45, 7) is 1.76. The average Bonchev–Trinajstić information content (AvgIpc) is 2.60. The number of halogens is 2. The number of rotatable bonds is 6. The van der Waals surface area contributed by atoms with Crippen molar-refractivity contribution >= 4 is 41.2 Å². The smallest absolute Gasteiger partial charge is 0.331 e. The second kappa shape index (κ2) is 9.25. The number of ether oxygens (including phenoxy) is 1. The molecule has 1 N–H and O–H groups in total. The molecular weight excluding hydrogens is 361 g/mol. The lowest BCUT2D eigenvalue weighted by molar-refractivity contribution is -0.150. The summed E-state index contributed by atoms with van der Waals surface area (Å²) in [5.74, 6) is -1.03. The third-order valence-corrected chi connectivity index (χ3v) is 4.09. The van der Waals surface area contributed by atoms with E-state index in [2.05, 4.69) is 5.32 Å². The first-order valence-electron chi connectivity index (χ1n) is 7.61. The van der Waals surface area contributed by atoms with Gasteiger partial charge in [-0.25, -0.2) is 4.79 Å². The second-order valence-electron chi connectivity index (χ2n) is 5.24. The number of hydrogen-bond acceptors (Lipinski definition) is 3. The first-order chi connectivity index (χ1) is 12.0. The lowest BCUT2D eigenvalue weighted by atomic mass is 10.2. The van der Waals surface area contributed by atoms with Crippen molar-refractivity contribution in [1.82, 2.24) is 5.32 Å². The number of carbonyl (C=O) groups is 2. The molecule has 25 heavy (non-hydrogen) atoms. The molecule has 0 radical (unpaired) electrons. The van der Waals surface area contributed by atoms with Crippen LogP contribution in [-0.2, 0) is 20.9 Å². The number of carbonyl (C=O) groups excluding carboxylic acids is 2. The summed E-state index contributed by atoms with van der Waals surface area (Å²) in [6, 6.07) is 14.3. The fourth-order valence-corrected chi connectivity index (χ4v) is 2.40. The van der Waals surface area contributed by atoms with E-state index in [-0.39, 0.29) is 6.54 Å². The number of esters is 1. The molecule has 0 spiro atoms. The summed E-state index contributed by atoms with van der Waals surface area (Å²) >= 11 is 12.0. The van der Waals surface area contributed by atoms with Crippen molar-refractivity contribution in [3.63, 3.8) is 0 Å². The molecule has 130 valence electrons. The molecule has 0 aliphatic heterocycles. The van der Waals surface area contributed by atoms with Crippen molar-refractivity contribution in [1.29, 1.82) is 0 Å². The SMILES string of the molecule is CC(OC(=O)/C=C/c1ccccc1Cl)C(=O)NCc1ccccc1Cl. The van der Waals surface area contributed by atoms with Gasteiger partial charge in [0.05, 0.1) is 0 Å². The Morgan fingerprint density at radius 3 is 2.40 bits per heavy atom. The van der Waals surface area contributed by atoms with E-state index in [1.54, 1.807) is 30.3 Å². The van der Waals surface area contributed by atoms with E-state index in [9.17, 15) is 9.59 Å². The highest BCUT2D eigenvalue weighted by molar-refractivity contribution is 6.32. The molecule has 0 bridgehead atoms. The van der Waals surface area contributed by atoms with Gasteiger partial charge in [-0.1, -0.05) is 59.6 Å². The molecule has 2 rings (SSSR count). The predicted molar refractivity (Wildman–Crippen MR) is 99.3 cm³/mol. The van der Waals surface area contributed by atoms with Crippen LogP contribution in [0.3, 0.4) is 0 Å². The Kier molecular flexibility index (Phi) is 7.04. The van der Waals surface area contributed by atoms with Crippen LogP contribution in [0, 0.1) is 0 Å². The zero-order valence-electron chi connectivity index (χ0n) is 13.5. The molecule has 0 heterocycles. The molecular formula is C19H17Cl2NO3. The summed E-state index contributed by atoms with van der Waals surface area (Å²) in [7, 11) is 0. The van der Waals surface area contributed by atoms with Gasteiger partial charge in [-0.15, -0.1) is 0 Å². The van der Waals surface area contributed by atoms with Gasteiger partial charge in [-0.2, -0.15) is 0 Å². The standard InChI is InChI=1S/C19H17Cl2NO3/c1-13(19(24)22-12-15-7-3-5-9-17(15)21)25-18(23)11-10-14-6-2-4-8-16(14)20/h2-11,13H,12H2,1H3,(H,22,24)/b11-10+. The van der Waals surface area contributed by atoms with Gasteiger partial charge >= 0.3 is 5.97 Å². The highest BCUT2D eigenvalue weighted by atomic mass is 35.5. The van der Waals surface area contributed by atoms with Gasteiger partial charge in [0.25, 0.3) is 5.91 Å². The van der Waals surface area contributed by atoms with E-state index >= 15 is 0 Å². The molecule has 0 aliphatic rings. The van der Waals surface area contributed by atoms with Crippen molar-refractivity contribution in [2.75, 3.05) is 0 Å². The number of amides is 1. The highest BCUT2D eigenvalue weighted by Crippen LogP contribution is 2.16. The highest BCUT2D eigenvalue weighted by Gasteiger charge is 2.16. The summed E-state index contributed by atoms with van der Waals surface area (Å²) in [5, 5.41) is 3.77. The van der Waals surface area contributed by atoms with Gasteiger partial charge in [0.2, 0.25) is 0 Å². The van der Waals surface area contributed by atoms with Crippen molar-refractivity contribution in [3.8, 4) is 0 Å². The first-order valence-corrected chi connectivity index (χ1v) is 8.37. The minimum atomic E-state index is -0.925. The Labute approximate surface area is 156 Å². The van der Waals surface area contributed by atoms with E-state index < -0.39 is 18.0 Å². The quantitative estimate of drug-likeness (QED) is 0.604. The topological polar surface area (TPSA) is 55.4 Å². The molecule has 1 amide bonds. The van der Waals surface area contributed by atoms with Crippen molar-refractivity contribution in [2.45, 2.75) is 19.6 Å². The third kappa shape index (κ3) is 5.93. The van der Waals surface area contributed by atoms with E-state index in [4.69, 9.17) is 27.9 Å². The minimum absolute atomic E-state index is 0.260. The van der Waals surface area contributed by atoms with Crippen LogP contribution in [0.5, 0.6) is 0 Å². The Morgan fingerprint density at radius 2 is 1.72 bits per heavy atom. The summed E-state index contributed by atoms with van der Waals surface area (Å²) < 4.78 is 5.08. The maximum atomic E-state index is 12.0. The van der Waals surface area contributed by atoms with Gasteiger partial charge < -0.3 is 10.1 Å². The Hall–Kier alpha value is -2.30. The van der Waals surface area contributed by atoms with E-state index in [1.807, 2.05) is 24.3 Å². The van der Waals surface area contributed by atoms with Crippen LogP contribution in [0.15, 0.2) is 54.6 Å². The monoisotopic (exact) mass is 377 g/mol. The maximum Gasteiger partial charge on any atom is 0.331 e. The molecule has 1 unspecified atom stereocenters. The van der Waals surface area contributed by atoms with Crippen LogP contribution >= 0.6 is 23.2 Å². The van der Waals surface area contributed by atoms with E-state index in [0.29, 0.717) is 15.6 Å². The molecule has 0 aromatic heterocycles. The molecule has 2 aromatic rings. The third-order valence-electron chi connectivity index (χ3n) is 3.38. The van der Waals surface area contributed by atoms with Crippen LogP contribution in [-0.4, -0.2) is 18.0 Å². The molecule has 0 aliphatic carbocycles. The molecule has 0 saturated carbocycles. The number of nitrogens with one attached hydrogen (secondary N) is 1. The maximum absolute atomic E-state index is 12.0. The summed E-state index contributed by atoms with van der Waals surface area (Å²) in [5.41, 5.74) is 1.48. The minimum Gasteiger partial charge on any atom is -0.449 e. The lowest BCUT2D eigenvalue weighted by Crippen LogP contribution is -2.35. The Bertz CT molecular complexity index is 790. The van der Waals surface area contributed by atoms with Crippen LogP contribution in [0.25, 0.3) is 6.08 Å². The normalized spacial score (nSPS) is 12.0.